The van der Waals surface area contributed by atoms with Crippen molar-refractivity contribution < 1.29 is 0 Å². The molecule has 0 amide bonds. The largest absolute Gasteiger partial charge is 0.0726 e. The number of hydrogen-bond acceptors (Lipinski definition) is 0. The molecule has 0 unspecified atom stereocenters. The first-order valence-electron chi connectivity index (χ1n) is 17.9. The molecule has 0 atom stereocenters. The molecule has 0 nitrogen and oxygen atoms in total. The lowest BCUT2D eigenvalue weighted by Crippen LogP contribution is -2.26. The molecule has 0 aromatic heterocycles. The summed E-state index contributed by atoms with van der Waals surface area (Å²) in [4.78, 5) is 0. The van der Waals surface area contributed by atoms with Crippen LogP contribution in [-0.4, -0.2) is 0 Å². The Morgan fingerprint density at radius 2 is 0.745 bits per heavy atom. The van der Waals surface area contributed by atoms with Crippen LogP contribution in [0.4, 0.5) is 0 Å². The first kappa shape index (κ1) is 27.3. The first-order valence-corrected chi connectivity index (χ1v) is 17.9. The zero-order valence-electron chi connectivity index (χ0n) is 27.8. The Hall–Kier alpha value is -6.50. The van der Waals surface area contributed by atoms with Gasteiger partial charge in [-0.15, -0.1) is 0 Å². The molecule has 0 radical (unpaired) electrons. The van der Waals surface area contributed by atoms with Crippen molar-refractivity contribution in [3.63, 3.8) is 0 Å². The van der Waals surface area contributed by atoms with Gasteiger partial charge in [-0.1, -0.05) is 170 Å². The summed E-state index contributed by atoms with van der Waals surface area (Å²) in [7, 11) is 0. The lowest BCUT2D eigenvalue weighted by atomic mass is 9.69. The molecule has 0 saturated heterocycles. The second kappa shape index (κ2) is 9.81. The summed E-state index contributed by atoms with van der Waals surface area (Å²) < 4.78 is 0. The third-order valence-electron chi connectivity index (χ3n) is 12.0. The van der Waals surface area contributed by atoms with Gasteiger partial charge in [-0.2, -0.15) is 0 Å². The quantitative estimate of drug-likeness (QED) is 0.130. The van der Waals surface area contributed by atoms with Crippen LogP contribution in [0, 0.1) is 0 Å². The Balaban J connectivity index is 1.24. The van der Waals surface area contributed by atoms with Gasteiger partial charge >= 0.3 is 0 Å². The Morgan fingerprint density at radius 1 is 0.275 bits per heavy atom. The fourth-order valence-corrected chi connectivity index (χ4v) is 10.1. The number of fused-ring (bicyclic) bond motifs is 10. The average Bonchev–Trinajstić information content (AvgIpc) is 3.67. The summed E-state index contributed by atoms with van der Waals surface area (Å²) in [5, 5.41) is 13.1. The molecule has 2 aliphatic carbocycles. The van der Waals surface area contributed by atoms with Crippen molar-refractivity contribution in [3.8, 4) is 33.4 Å². The van der Waals surface area contributed by atoms with Gasteiger partial charge in [-0.3, -0.25) is 0 Å². The van der Waals surface area contributed by atoms with Gasteiger partial charge in [0.15, 0.2) is 0 Å². The number of hydrogen-bond donors (Lipinski definition) is 0. The van der Waals surface area contributed by atoms with E-state index in [0.717, 1.165) is 0 Å². The van der Waals surface area contributed by atoms with Crippen molar-refractivity contribution in [1.82, 2.24) is 0 Å². The summed E-state index contributed by atoms with van der Waals surface area (Å²) in [5.41, 5.74) is 13.0. The van der Waals surface area contributed by atoms with Gasteiger partial charge in [0.1, 0.15) is 0 Å². The standard InChI is InChI=1S/C51H30/c1-2-16-35-31(13-1)14-11-23-38(35)50-41-21-5-3-19-39(41)47(40-20-4-6-22-42(40)50)34-29-33-28-27-32-15-12-26-45-48(32)49(33)46(30-34)51(45)43-24-9-7-17-36(43)37-18-8-10-25-44(37)51/h1-30H. The van der Waals surface area contributed by atoms with Crippen molar-refractivity contribution in [2.75, 3.05) is 0 Å². The Morgan fingerprint density at radius 3 is 1.45 bits per heavy atom. The molecule has 0 heteroatoms. The van der Waals surface area contributed by atoms with Crippen LogP contribution >= 0.6 is 0 Å². The second-order valence-corrected chi connectivity index (χ2v) is 14.3. The molecular formula is C51H30. The molecule has 2 aliphatic rings. The smallest absolute Gasteiger partial charge is 0.0619 e. The van der Waals surface area contributed by atoms with Crippen LogP contribution in [0.3, 0.4) is 0 Å². The Kier molecular flexibility index (Phi) is 5.26. The van der Waals surface area contributed by atoms with Crippen LogP contribution < -0.4 is 0 Å². The lowest BCUT2D eigenvalue weighted by Gasteiger charge is -2.31. The molecule has 12 rings (SSSR count). The fourth-order valence-electron chi connectivity index (χ4n) is 10.1. The SMILES string of the molecule is c1ccc2c(c1)-c1ccccc1C21c2cccc3ccc4cc(-c5c6ccccc6c(-c6cccc7ccccc67)c6ccccc56)cc1c4c23. The third-order valence-corrected chi connectivity index (χ3v) is 12.0. The summed E-state index contributed by atoms with van der Waals surface area (Å²) in [6.07, 6.45) is 0. The van der Waals surface area contributed by atoms with Crippen LogP contribution in [0.15, 0.2) is 182 Å². The molecule has 0 bridgehead atoms. The van der Waals surface area contributed by atoms with Crippen molar-refractivity contribution in [3.05, 3.63) is 204 Å². The highest BCUT2D eigenvalue weighted by Gasteiger charge is 2.50. The van der Waals surface area contributed by atoms with Gasteiger partial charge in [0.2, 0.25) is 0 Å². The molecular weight excluding hydrogens is 613 g/mol. The highest BCUT2D eigenvalue weighted by atomic mass is 14.5. The van der Waals surface area contributed by atoms with E-state index in [1.165, 1.54) is 109 Å². The summed E-state index contributed by atoms with van der Waals surface area (Å²) in [6.45, 7) is 0. The lowest BCUT2D eigenvalue weighted by molar-refractivity contribution is 0.797. The maximum absolute atomic E-state index is 2.56. The summed E-state index contributed by atoms with van der Waals surface area (Å²) >= 11 is 0. The second-order valence-electron chi connectivity index (χ2n) is 14.3. The van der Waals surface area contributed by atoms with E-state index in [1.54, 1.807) is 0 Å². The number of rotatable bonds is 2. The first-order chi connectivity index (χ1) is 25.3. The average molecular weight is 643 g/mol. The van der Waals surface area contributed by atoms with Crippen molar-refractivity contribution >= 4 is 53.9 Å². The minimum atomic E-state index is -0.390. The molecule has 51 heavy (non-hydrogen) atoms. The van der Waals surface area contributed by atoms with Gasteiger partial charge in [-0.25, -0.2) is 0 Å². The molecule has 0 aliphatic heterocycles. The van der Waals surface area contributed by atoms with Gasteiger partial charge in [0.25, 0.3) is 0 Å². The molecule has 234 valence electrons. The molecule has 0 fully saturated rings. The summed E-state index contributed by atoms with van der Waals surface area (Å²) in [5.74, 6) is 0. The van der Waals surface area contributed by atoms with Crippen LogP contribution in [0.25, 0.3) is 87.2 Å². The van der Waals surface area contributed by atoms with Crippen molar-refractivity contribution in [2.24, 2.45) is 0 Å². The maximum atomic E-state index is 2.56. The molecule has 10 aromatic rings. The van der Waals surface area contributed by atoms with E-state index in [1.807, 2.05) is 0 Å². The zero-order valence-corrected chi connectivity index (χ0v) is 27.8. The molecule has 10 aromatic carbocycles. The minimum Gasteiger partial charge on any atom is -0.0619 e. The molecule has 0 saturated carbocycles. The van der Waals surface area contributed by atoms with Gasteiger partial charge < -0.3 is 0 Å². The van der Waals surface area contributed by atoms with E-state index in [2.05, 4.69) is 182 Å². The van der Waals surface area contributed by atoms with Gasteiger partial charge in [0, 0.05) is 0 Å². The summed E-state index contributed by atoms with van der Waals surface area (Å²) in [6, 6.07) is 68.5. The highest BCUT2D eigenvalue weighted by Crippen LogP contribution is 2.63. The predicted octanol–water partition coefficient (Wildman–Crippen LogP) is 13.5. The zero-order chi connectivity index (χ0) is 33.3. The van der Waals surface area contributed by atoms with Crippen LogP contribution in [0.1, 0.15) is 22.3 Å². The van der Waals surface area contributed by atoms with Crippen LogP contribution in [0.2, 0.25) is 0 Å². The normalized spacial score (nSPS) is 13.6. The third kappa shape index (κ3) is 3.35. The molecule has 0 heterocycles. The van der Waals surface area contributed by atoms with E-state index >= 15 is 0 Å². The Labute approximate surface area is 295 Å². The van der Waals surface area contributed by atoms with Gasteiger partial charge in [-0.05, 0) is 122 Å². The minimum absolute atomic E-state index is 0.390. The number of benzene rings is 10. The van der Waals surface area contributed by atoms with Crippen LogP contribution in [-0.2, 0) is 5.41 Å². The van der Waals surface area contributed by atoms with Gasteiger partial charge in [0.05, 0.1) is 5.41 Å². The fraction of sp³-hybridized carbons (Fsp3) is 0.0196. The van der Waals surface area contributed by atoms with Crippen molar-refractivity contribution in [2.45, 2.75) is 5.41 Å². The van der Waals surface area contributed by atoms with E-state index in [-0.39, 0.29) is 5.41 Å². The highest BCUT2D eigenvalue weighted by molar-refractivity contribution is 6.25. The molecule has 1 spiro atoms. The Bertz CT molecular complexity index is 3030. The predicted molar refractivity (Wildman–Crippen MR) is 216 cm³/mol. The monoisotopic (exact) mass is 642 g/mol. The topological polar surface area (TPSA) is 0 Å². The van der Waals surface area contributed by atoms with Crippen molar-refractivity contribution in [1.29, 1.82) is 0 Å². The maximum Gasteiger partial charge on any atom is 0.0726 e. The van der Waals surface area contributed by atoms with E-state index < -0.39 is 0 Å². The molecule has 0 N–H and O–H groups in total. The van der Waals surface area contributed by atoms with E-state index in [4.69, 9.17) is 0 Å². The van der Waals surface area contributed by atoms with Crippen LogP contribution in [0.5, 0.6) is 0 Å². The van der Waals surface area contributed by atoms with E-state index in [9.17, 15) is 0 Å². The van der Waals surface area contributed by atoms with E-state index in [0.29, 0.717) is 0 Å².